The first-order valence-corrected chi connectivity index (χ1v) is 9.44. The molecule has 2 bridgehead atoms. The molecule has 2 aromatic carbocycles. The molecule has 1 aromatic heterocycles. The highest BCUT2D eigenvalue weighted by atomic mass is 16.1. The van der Waals surface area contributed by atoms with Crippen LogP contribution in [0.3, 0.4) is 0 Å². The molecule has 2 fully saturated rings. The van der Waals surface area contributed by atoms with Crippen molar-refractivity contribution in [3.8, 4) is 0 Å². The van der Waals surface area contributed by atoms with Gasteiger partial charge in [0.25, 0.3) is 0 Å². The minimum atomic E-state index is -0.362. The van der Waals surface area contributed by atoms with Gasteiger partial charge >= 0.3 is 0 Å². The Hall–Kier alpha value is -2.75. The number of rotatable bonds is 3. The third-order valence-corrected chi connectivity index (χ3v) is 6.16. The van der Waals surface area contributed by atoms with Crippen LogP contribution in [0.15, 0.2) is 60.8 Å². The lowest BCUT2D eigenvalue weighted by Crippen LogP contribution is -2.43. The Morgan fingerprint density at radius 3 is 2.35 bits per heavy atom. The number of aromatic nitrogens is 1. The Morgan fingerprint density at radius 1 is 0.923 bits per heavy atom. The van der Waals surface area contributed by atoms with Crippen LogP contribution in [0.2, 0.25) is 0 Å². The molecule has 0 radical (unpaired) electrons. The Labute approximate surface area is 153 Å². The summed E-state index contributed by atoms with van der Waals surface area (Å²) in [5.74, 6) is -0.362. The van der Waals surface area contributed by atoms with E-state index in [1.807, 2.05) is 18.2 Å². The van der Waals surface area contributed by atoms with E-state index in [-0.39, 0.29) is 5.91 Å². The van der Waals surface area contributed by atoms with Gasteiger partial charge in [0.05, 0.1) is 0 Å². The molecule has 2 aliphatic heterocycles. The maximum atomic E-state index is 11.6. The SMILES string of the molecule is NC(=O)c1ccc2ccn(C3CC4CCC(C3)N4c3ccccc3)c2c1. The first-order chi connectivity index (χ1) is 12.7. The maximum Gasteiger partial charge on any atom is 0.248 e. The minimum absolute atomic E-state index is 0.362. The van der Waals surface area contributed by atoms with E-state index in [1.165, 1.54) is 23.9 Å². The summed E-state index contributed by atoms with van der Waals surface area (Å²) in [5, 5.41) is 1.17. The third-order valence-electron chi connectivity index (χ3n) is 6.16. The van der Waals surface area contributed by atoms with Crippen molar-refractivity contribution in [1.29, 1.82) is 0 Å². The fraction of sp³-hybridized carbons (Fsp3) is 0.318. The highest BCUT2D eigenvalue weighted by Crippen LogP contribution is 2.44. The zero-order chi connectivity index (χ0) is 17.7. The molecule has 4 nitrogen and oxygen atoms in total. The van der Waals surface area contributed by atoms with Crippen molar-refractivity contribution in [2.75, 3.05) is 4.90 Å². The second-order valence-electron chi connectivity index (χ2n) is 7.61. The van der Waals surface area contributed by atoms with Crippen LogP contribution in [-0.4, -0.2) is 22.6 Å². The summed E-state index contributed by atoms with van der Waals surface area (Å²) in [6, 6.07) is 20.4. The summed E-state index contributed by atoms with van der Waals surface area (Å²) in [6.07, 6.45) is 7.01. The molecule has 0 aliphatic carbocycles. The average Bonchev–Trinajstić information content (AvgIpc) is 3.20. The minimum Gasteiger partial charge on any atom is -0.366 e. The van der Waals surface area contributed by atoms with E-state index >= 15 is 0 Å². The third kappa shape index (κ3) is 2.40. The lowest BCUT2D eigenvalue weighted by Gasteiger charge is -2.41. The number of carbonyl (C=O) groups is 1. The van der Waals surface area contributed by atoms with Gasteiger partial charge < -0.3 is 15.2 Å². The van der Waals surface area contributed by atoms with Crippen molar-refractivity contribution in [1.82, 2.24) is 4.57 Å². The Morgan fingerprint density at radius 2 is 1.65 bits per heavy atom. The van der Waals surface area contributed by atoms with Gasteiger partial charge in [-0.05, 0) is 61.4 Å². The molecule has 5 rings (SSSR count). The average molecular weight is 345 g/mol. The van der Waals surface area contributed by atoms with Crippen molar-refractivity contribution >= 4 is 22.5 Å². The van der Waals surface area contributed by atoms with Gasteiger partial charge in [-0.25, -0.2) is 0 Å². The van der Waals surface area contributed by atoms with Gasteiger partial charge in [-0.1, -0.05) is 24.3 Å². The lowest BCUT2D eigenvalue weighted by molar-refractivity contribution is 0.100. The fourth-order valence-electron chi connectivity index (χ4n) is 5.02. The molecule has 2 N–H and O–H groups in total. The smallest absolute Gasteiger partial charge is 0.248 e. The predicted molar refractivity (Wildman–Crippen MR) is 104 cm³/mol. The largest absolute Gasteiger partial charge is 0.366 e. The standard InChI is InChI=1S/C22H23N3O/c23-22(26)16-7-6-15-10-11-24(21(15)12-16)20-13-18-8-9-19(14-20)25(18)17-4-2-1-3-5-17/h1-7,10-12,18-20H,8-9,13-14H2,(H2,23,26). The van der Waals surface area contributed by atoms with Crippen molar-refractivity contribution < 1.29 is 4.79 Å². The highest BCUT2D eigenvalue weighted by Gasteiger charge is 2.41. The Kier molecular flexibility index (Phi) is 3.52. The molecule has 0 saturated carbocycles. The van der Waals surface area contributed by atoms with Crippen molar-refractivity contribution in [2.45, 2.75) is 43.8 Å². The quantitative estimate of drug-likeness (QED) is 0.776. The summed E-state index contributed by atoms with van der Waals surface area (Å²) >= 11 is 0. The normalized spacial score (nSPS) is 24.9. The lowest BCUT2D eigenvalue weighted by atomic mass is 9.96. The van der Waals surface area contributed by atoms with E-state index in [0.717, 1.165) is 18.4 Å². The Balaban J connectivity index is 1.47. The molecule has 2 saturated heterocycles. The number of primary amides is 1. The summed E-state index contributed by atoms with van der Waals surface area (Å²) in [7, 11) is 0. The van der Waals surface area contributed by atoms with Crippen LogP contribution in [0, 0.1) is 0 Å². The van der Waals surface area contributed by atoms with Gasteiger partial charge in [0.15, 0.2) is 0 Å². The number of anilines is 1. The van der Waals surface area contributed by atoms with Crippen molar-refractivity contribution in [2.24, 2.45) is 5.73 Å². The first-order valence-electron chi connectivity index (χ1n) is 9.44. The van der Waals surface area contributed by atoms with Gasteiger partial charge in [0.1, 0.15) is 0 Å². The Bertz CT molecular complexity index is 948. The summed E-state index contributed by atoms with van der Waals surface area (Å²) < 4.78 is 2.37. The number of nitrogens with zero attached hydrogens (tertiary/aromatic N) is 2. The number of nitrogens with two attached hydrogens (primary N) is 1. The van der Waals surface area contributed by atoms with Crippen LogP contribution in [0.4, 0.5) is 5.69 Å². The number of amides is 1. The molecule has 4 heteroatoms. The molecule has 3 aromatic rings. The zero-order valence-electron chi connectivity index (χ0n) is 14.7. The van der Waals surface area contributed by atoms with E-state index in [2.05, 4.69) is 52.1 Å². The molecule has 26 heavy (non-hydrogen) atoms. The van der Waals surface area contributed by atoms with Crippen LogP contribution >= 0.6 is 0 Å². The summed E-state index contributed by atoms with van der Waals surface area (Å²) in [6.45, 7) is 0. The van der Waals surface area contributed by atoms with E-state index in [1.54, 1.807) is 0 Å². The molecular formula is C22H23N3O. The fourth-order valence-corrected chi connectivity index (χ4v) is 5.02. The summed E-state index contributed by atoms with van der Waals surface area (Å²) in [4.78, 5) is 14.2. The molecular weight excluding hydrogens is 322 g/mol. The number of fused-ring (bicyclic) bond motifs is 3. The molecule has 132 valence electrons. The van der Waals surface area contributed by atoms with Gasteiger partial charge in [0, 0.05) is 41.1 Å². The maximum absolute atomic E-state index is 11.6. The highest BCUT2D eigenvalue weighted by molar-refractivity contribution is 5.97. The second kappa shape index (κ2) is 5.90. The number of benzene rings is 2. The van der Waals surface area contributed by atoms with E-state index in [4.69, 9.17) is 5.73 Å². The molecule has 2 atom stereocenters. The topological polar surface area (TPSA) is 51.3 Å². The second-order valence-corrected chi connectivity index (χ2v) is 7.61. The molecule has 1 amide bonds. The van der Waals surface area contributed by atoms with Crippen molar-refractivity contribution in [3.05, 3.63) is 66.4 Å². The van der Waals surface area contributed by atoms with Crippen molar-refractivity contribution in [3.63, 3.8) is 0 Å². The van der Waals surface area contributed by atoms with Gasteiger partial charge in [-0.2, -0.15) is 0 Å². The van der Waals surface area contributed by atoms with Crippen LogP contribution < -0.4 is 10.6 Å². The first kappa shape index (κ1) is 15.5. The monoisotopic (exact) mass is 345 g/mol. The molecule has 2 aliphatic rings. The van der Waals surface area contributed by atoms with Crippen LogP contribution in [0.1, 0.15) is 42.1 Å². The number of hydrogen-bond donors (Lipinski definition) is 1. The number of piperidine rings is 1. The van der Waals surface area contributed by atoms with E-state index < -0.39 is 0 Å². The zero-order valence-corrected chi connectivity index (χ0v) is 14.7. The van der Waals surface area contributed by atoms with Crippen LogP contribution in [-0.2, 0) is 0 Å². The van der Waals surface area contributed by atoms with E-state index in [0.29, 0.717) is 23.7 Å². The predicted octanol–water partition coefficient (Wildman–Crippen LogP) is 4.11. The molecule has 2 unspecified atom stereocenters. The van der Waals surface area contributed by atoms with Gasteiger partial charge in [-0.3, -0.25) is 4.79 Å². The van der Waals surface area contributed by atoms with E-state index in [9.17, 15) is 4.79 Å². The number of carbonyl (C=O) groups excluding carboxylic acids is 1. The molecule has 0 spiro atoms. The number of hydrogen-bond acceptors (Lipinski definition) is 2. The number of para-hydroxylation sites is 1. The van der Waals surface area contributed by atoms with Crippen LogP contribution in [0.25, 0.3) is 10.9 Å². The molecule has 3 heterocycles. The van der Waals surface area contributed by atoms with Gasteiger partial charge in [-0.15, -0.1) is 0 Å². The summed E-state index contributed by atoms with van der Waals surface area (Å²) in [5.41, 5.74) is 8.55. The van der Waals surface area contributed by atoms with Crippen LogP contribution in [0.5, 0.6) is 0 Å². The van der Waals surface area contributed by atoms with Gasteiger partial charge in [0.2, 0.25) is 5.91 Å².